The number of ether oxygens (including phenoxy) is 1. The van der Waals surface area contributed by atoms with Gasteiger partial charge in [-0.2, -0.15) is 4.57 Å². The summed E-state index contributed by atoms with van der Waals surface area (Å²) in [6, 6.07) is 15.8. The minimum atomic E-state index is 0.326. The van der Waals surface area contributed by atoms with Gasteiger partial charge in [-0.25, -0.2) is 0 Å². The van der Waals surface area contributed by atoms with Gasteiger partial charge in [-0.3, -0.25) is 0 Å². The van der Waals surface area contributed by atoms with Gasteiger partial charge >= 0.3 is 0 Å². The number of rotatable bonds is 2. The first-order valence-corrected chi connectivity index (χ1v) is 7.10. The van der Waals surface area contributed by atoms with Crippen LogP contribution in [-0.2, 0) is 4.74 Å². The van der Waals surface area contributed by atoms with Crippen LogP contribution in [0.2, 0.25) is 0 Å². The molecule has 1 aliphatic carbocycles. The second-order valence-corrected chi connectivity index (χ2v) is 5.38. The zero-order valence-electron chi connectivity index (χ0n) is 11.1. The third kappa shape index (κ3) is 1.50. The molecular formula is C17H18NO+. The van der Waals surface area contributed by atoms with Crippen LogP contribution in [0.1, 0.15) is 42.1 Å². The van der Waals surface area contributed by atoms with E-state index in [0.717, 1.165) is 13.0 Å². The van der Waals surface area contributed by atoms with Crippen molar-refractivity contribution in [1.29, 1.82) is 0 Å². The lowest BCUT2D eigenvalue weighted by molar-refractivity contribution is -0.732. The summed E-state index contributed by atoms with van der Waals surface area (Å²) >= 11 is 0. The molecule has 0 amide bonds. The summed E-state index contributed by atoms with van der Waals surface area (Å²) in [6.45, 7) is 2.89. The molecule has 0 fully saturated rings. The van der Waals surface area contributed by atoms with Crippen molar-refractivity contribution in [2.75, 3.05) is 6.61 Å². The van der Waals surface area contributed by atoms with Gasteiger partial charge in [-0.1, -0.05) is 30.3 Å². The number of nitrogens with zero attached hydrogens (tertiary/aromatic N) is 1. The van der Waals surface area contributed by atoms with Crippen molar-refractivity contribution in [2.24, 2.45) is 0 Å². The van der Waals surface area contributed by atoms with Gasteiger partial charge in [-0.05, 0) is 12.5 Å². The molecule has 0 N–H and O–H groups in total. The van der Waals surface area contributed by atoms with E-state index < -0.39 is 0 Å². The zero-order chi connectivity index (χ0) is 12.8. The molecule has 1 aromatic carbocycles. The molecule has 1 aromatic heterocycles. The van der Waals surface area contributed by atoms with E-state index in [-0.39, 0.29) is 0 Å². The van der Waals surface area contributed by atoms with Gasteiger partial charge in [0.15, 0.2) is 17.9 Å². The van der Waals surface area contributed by atoms with Gasteiger partial charge < -0.3 is 4.74 Å². The predicted molar refractivity (Wildman–Crippen MR) is 73.1 cm³/mol. The Balaban J connectivity index is 1.93. The number of fused-ring (bicyclic) bond motifs is 1. The van der Waals surface area contributed by atoms with Crippen LogP contribution in [0.5, 0.6) is 0 Å². The number of hydrogen-bond acceptors (Lipinski definition) is 1. The summed E-state index contributed by atoms with van der Waals surface area (Å²) < 4.78 is 8.45. The van der Waals surface area contributed by atoms with Crippen molar-refractivity contribution in [3.05, 3.63) is 65.5 Å². The molecule has 2 heteroatoms. The molecule has 0 saturated carbocycles. The van der Waals surface area contributed by atoms with E-state index in [1.54, 1.807) is 0 Å². The minimum Gasteiger partial charge on any atom is -0.377 e. The van der Waals surface area contributed by atoms with Crippen molar-refractivity contribution < 1.29 is 9.30 Å². The predicted octanol–water partition coefficient (Wildman–Crippen LogP) is 2.82. The van der Waals surface area contributed by atoms with Gasteiger partial charge in [0, 0.05) is 30.7 Å². The highest BCUT2D eigenvalue weighted by Gasteiger charge is 2.49. The molecule has 0 spiro atoms. The van der Waals surface area contributed by atoms with E-state index in [1.807, 2.05) is 0 Å². The molecule has 19 heavy (non-hydrogen) atoms. The Morgan fingerprint density at radius 1 is 1.11 bits per heavy atom. The van der Waals surface area contributed by atoms with Crippen LogP contribution < -0.4 is 4.57 Å². The number of benzene rings is 1. The smallest absolute Gasteiger partial charge is 0.192 e. The Morgan fingerprint density at radius 3 is 2.74 bits per heavy atom. The van der Waals surface area contributed by atoms with Gasteiger partial charge in [0.2, 0.25) is 0 Å². The average Bonchev–Trinajstić information content (AvgIpc) is 2.48. The van der Waals surface area contributed by atoms with Gasteiger partial charge in [0.05, 0.1) is 12.0 Å². The first-order chi connectivity index (χ1) is 9.40. The largest absolute Gasteiger partial charge is 0.377 e. The molecule has 2 nitrogen and oxygen atoms in total. The lowest BCUT2D eigenvalue weighted by Crippen LogP contribution is -2.56. The summed E-state index contributed by atoms with van der Waals surface area (Å²) in [7, 11) is 0. The summed E-state index contributed by atoms with van der Waals surface area (Å²) in [5.74, 6) is 0.391. The van der Waals surface area contributed by atoms with E-state index in [9.17, 15) is 0 Å². The molecule has 5 rings (SSSR count). The molecule has 3 heterocycles. The molecule has 3 aliphatic rings. The highest BCUT2D eigenvalue weighted by molar-refractivity contribution is 5.42. The van der Waals surface area contributed by atoms with E-state index in [1.165, 1.54) is 16.8 Å². The van der Waals surface area contributed by atoms with Crippen molar-refractivity contribution in [2.45, 2.75) is 31.4 Å². The Labute approximate surface area is 113 Å². The summed E-state index contributed by atoms with van der Waals surface area (Å²) in [6.07, 6.45) is 3.63. The molecule has 0 radical (unpaired) electrons. The van der Waals surface area contributed by atoms with Crippen LogP contribution in [0.25, 0.3) is 0 Å². The van der Waals surface area contributed by atoms with Crippen molar-refractivity contribution in [3.63, 3.8) is 0 Å². The van der Waals surface area contributed by atoms with Crippen molar-refractivity contribution in [1.82, 2.24) is 0 Å². The Bertz CT molecular complexity index is 575. The van der Waals surface area contributed by atoms with Crippen LogP contribution in [0.15, 0.2) is 48.7 Å². The maximum absolute atomic E-state index is 6.02. The molecule has 2 aliphatic heterocycles. The molecule has 0 saturated heterocycles. The summed E-state index contributed by atoms with van der Waals surface area (Å²) in [5.41, 5.74) is 4.34. The van der Waals surface area contributed by atoms with Crippen LogP contribution >= 0.6 is 0 Å². The minimum absolute atomic E-state index is 0.326. The third-order valence-corrected chi connectivity index (χ3v) is 4.48. The standard InChI is InChI=1S/C17H18NO/c1-2-19-16-11-15-12-7-3-4-8-13(12)17(16)14-9-5-6-10-18(14)15/h3-10,15-17H,2,11H2,1H3/q+1. The van der Waals surface area contributed by atoms with E-state index in [0.29, 0.717) is 18.1 Å². The van der Waals surface area contributed by atoms with Crippen LogP contribution in [0.4, 0.5) is 0 Å². The Kier molecular flexibility index (Phi) is 2.46. The monoisotopic (exact) mass is 252 g/mol. The topological polar surface area (TPSA) is 13.1 Å². The highest BCUT2D eigenvalue weighted by atomic mass is 16.5. The first-order valence-electron chi connectivity index (χ1n) is 7.10. The van der Waals surface area contributed by atoms with Gasteiger partial charge in [-0.15, -0.1) is 0 Å². The maximum atomic E-state index is 6.02. The normalized spacial score (nSPS) is 26.9. The number of pyridine rings is 1. The molecule has 3 atom stereocenters. The lowest BCUT2D eigenvalue weighted by atomic mass is 9.72. The Hall–Kier alpha value is -1.67. The van der Waals surface area contributed by atoms with Crippen LogP contribution in [-0.4, -0.2) is 12.7 Å². The quantitative estimate of drug-likeness (QED) is 0.749. The van der Waals surface area contributed by atoms with Crippen molar-refractivity contribution in [3.8, 4) is 0 Å². The average molecular weight is 252 g/mol. The maximum Gasteiger partial charge on any atom is 0.192 e. The first kappa shape index (κ1) is 11.2. The summed E-state index contributed by atoms with van der Waals surface area (Å²) in [5, 5.41) is 0. The third-order valence-electron chi connectivity index (χ3n) is 4.48. The molecular weight excluding hydrogens is 234 g/mol. The molecule has 2 aromatic rings. The van der Waals surface area contributed by atoms with Crippen LogP contribution in [0.3, 0.4) is 0 Å². The van der Waals surface area contributed by atoms with E-state index >= 15 is 0 Å². The number of hydrogen-bond donors (Lipinski definition) is 0. The highest BCUT2D eigenvalue weighted by Crippen LogP contribution is 2.45. The SMILES string of the molecule is CCOC1CC2c3ccccc3C1c1cccc[n+]12. The molecule has 2 bridgehead atoms. The summed E-state index contributed by atoms with van der Waals surface area (Å²) in [4.78, 5) is 0. The second kappa shape index (κ2) is 4.17. The molecule has 96 valence electrons. The Morgan fingerprint density at radius 2 is 1.89 bits per heavy atom. The number of aromatic nitrogens is 1. The van der Waals surface area contributed by atoms with Gasteiger partial charge in [0.1, 0.15) is 0 Å². The lowest BCUT2D eigenvalue weighted by Gasteiger charge is -2.39. The fourth-order valence-electron chi connectivity index (χ4n) is 3.79. The van der Waals surface area contributed by atoms with E-state index in [2.05, 4.69) is 60.2 Å². The fraction of sp³-hybridized carbons (Fsp3) is 0.353. The van der Waals surface area contributed by atoms with Crippen LogP contribution in [0, 0.1) is 0 Å². The molecule has 3 unspecified atom stereocenters. The van der Waals surface area contributed by atoms with E-state index in [4.69, 9.17) is 4.74 Å². The van der Waals surface area contributed by atoms with Crippen molar-refractivity contribution >= 4 is 0 Å². The van der Waals surface area contributed by atoms with Gasteiger partial charge in [0.25, 0.3) is 0 Å². The second-order valence-electron chi connectivity index (χ2n) is 5.38. The zero-order valence-corrected chi connectivity index (χ0v) is 11.1. The fourth-order valence-corrected chi connectivity index (χ4v) is 3.79.